The predicted molar refractivity (Wildman–Crippen MR) is 86.3 cm³/mol. The summed E-state index contributed by atoms with van der Waals surface area (Å²) >= 11 is 0. The molecule has 0 saturated heterocycles. The van der Waals surface area contributed by atoms with E-state index in [9.17, 15) is 13.2 Å². The zero-order valence-electron chi connectivity index (χ0n) is 13.3. The standard InChI is InChI=1S/C15H24N2O4S/c1-4-21-11-5-6-15(18)16-13-7-9-14(10-8-13)22(19,20)17-12(2)3/h7-10,12,17H,4-6,11H2,1-3H3,(H,16,18). The maximum absolute atomic E-state index is 12.0. The molecule has 0 radical (unpaired) electrons. The van der Waals surface area contributed by atoms with Gasteiger partial charge in [-0.1, -0.05) is 0 Å². The topological polar surface area (TPSA) is 84.5 Å². The maximum atomic E-state index is 12.0. The molecular weight excluding hydrogens is 304 g/mol. The summed E-state index contributed by atoms with van der Waals surface area (Å²) in [6.07, 6.45) is 1.03. The molecule has 0 spiro atoms. The average Bonchev–Trinajstić information content (AvgIpc) is 2.43. The van der Waals surface area contributed by atoms with E-state index in [1.54, 1.807) is 26.0 Å². The van der Waals surface area contributed by atoms with E-state index in [-0.39, 0.29) is 16.8 Å². The van der Waals surface area contributed by atoms with Crippen molar-refractivity contribution in [1.29, 1.82) is 0 Å². The second-order valence-corrected chi connectivity index (χ2v) is 6.86. The molecule has 0 fully saturated rings. The van der Waals surface area contributed by atoms with Crippen molar-refractivity contribution < 1.29 is 17.9 Å². The number of hydrogen-bond acceptors (Lipinski definition) is 4. The van der Waals surface area contributed by atoms with Crippen molar-refractivity contribution in [3.63, 3.8) is 0 Å². The van der Waals surface area contributed by atoms with Gasteiger partial charge in [0.05, 0.1) is 4.90 Å². The third-order valence-electron chi connectivity index (χ3n) is 2.74. The first-order valence-electron chi connectivity index (χ1n) is 7.35. The Morgan fingerprint density at radius 2 is 1.86 bits per heavy atom. The van der Waals surface area contributed by atoms with Crippen molar-refractivity contribution in [3.8, 4) is 0 Å². The van der Waals surface area contributed by atoms with Gasteiger partial charge in [0.1, 0.15) is 0 Å². The minimum absolute atomic E-state index is 0.115. The molecule has 1 rings (SSSR count). The first-order chi connectivity index (χ1) is 10.3. The molecule has 0 aliphatic carbocycles. The number of carbonyl (C=O) groups is 1. The highest BCUT2D eigenvalue weighted by atomic mass is 32.2. The van der Waals surface area contributed by atoms with Gasteiger partial charge in [-0.05, 0) is 51.5 Å². The van der Waals surface area contributed by atoms with Crippen LogP contribution in [0.4, 0.5) is 5.69 Å². The fourth-order valence-corrected chi connectivity index (χ4v) is 3.05. The number of ether oxygens (including phenoxy) is 1. The maximum Gasteiger partial charge on any atom is 0.240 e. The van der Waals surface area contributed by atoms with E-state index < -0.39 is 10.0 Å². The molecule has 0 aliphatic rings. The summed E-state index contributed by atoms with van der Waals surface area (Å²) in [4.78, 5) is 11.9. The highest BCUT2D eigenvalue weighted by Gasteiger charge is 2.15. The van der Waals surface area contributed by atoms with Gasteiger partial charge in [0, 0.05) is 31.4 Å². The van der Waals surface area contributed by atoms with Crippen molar-refractivity contribution in [3.05, 3.63) is 24.3 Å². The molecule has 1 aromatic carbocycles. The van der Waals surface area contributed by atoms with Crippen LogP contribution < -0.4 is 10.0 Å². The Balaban J connectivity index is 2.56. The van der Waals surface area contributed by atoms with E-state index in [4.69, 9.17) is 4.74 Å². The van der Waals surface area contributed by atoms with Gasteiger partial charge in [-0.2, -0.15) is 0 Å². The van der Waals surface area contributed by atoms with Crippen LogP contribution in [-0.4, -0.2) is 33.6 Å². The quantitative estimate of drug-likeness (QED) is 0.680. The Kier molecular flexibility index (Phi) is 7.50. The number of sulfonamides is 1. The van der Waals surface area contributed by atoms with Gasteiger partial charge in [-0.15, -0.1) is 0 Å². The molecular formula is C15H24N2O4S. The summed E-state index contributed by atoms with van der Waals surface area (Å²) in [5.41, 5.74) is 0.574. The molecule has 0 heterocycles. The lowest BCUT2D eigenvalue weighted by molar-refractivity contribution is -0.116. The van der Waals surface area contributed by atoms with Crippen LogP contribution >= 0.6 is 0 Å². The summed E-state index contributed by atoms with van der Waals surface area (Å²) in [7, 11) is -3.50. The monoisotopic (exact) mass is 328 g/mol. The van der Waals surface area contributed by atoms with Crippen LogP contribution in [0.2, 0.25) is 0 Å². The largest absolute Gasteiger partial charge is 0.382 e. The number of benzene rings is 1. The molecule has 1 aromatic rings. The molecule has 0 unspecified atom stereocenters. The second-order valence-electron chi connectivity index (χ2n) is 5.15. The average molecular weight is 328 g/mol. The number of amides is 1. The van der Waals surface area contributed by atoms with Crippen LogP contribution in [0, 0.1) is 0 Å². The molecule has 0 saturated carbocycles. The molecule has 0 aliphatic heterocycles. The van der Waals surface area contributed by atoms with Crippen LogP contribution in [0.15, 0.2) is 29.2 Å². The molecule has 2 N–H and O–H groups in total. The Morgan fingerprint density at radius 3 is 2.41 bits per heavy atom. The van der Waals surface area contributed by atoms with E-state index in [0.717, 1.165) is 0 Å². The SMILES string of the molecule is CCOCCCC(=O)Nc1ccc(S(=O)(=O)NC(C)C)cc1. The number of hydrogen-bond donors (Lipinski definition) is 2. The van der Waals surface area contributed by atoms with Gasteiger partial charge in [0.2, 0.25) is 15.9 Å². The molecule has 7 heteroatoms. The van der Waals surface area contributed by atoms with Crippen LogP contribution in [0.25, 0.3) is 0 Å². The summed E-state index contributed by atoms with van der Waals surface area (Å²) in [5, 5.41) is 2.73. The number of nitrogens with one attached hydrogen (secondary N) is 2. The lowest BCUT2D eigenvalue weighted by Gasteiger charge is -2.10. The smallest absolute Gasteiger partial charge is 0.240 e. The zero-order valence-corrected chi connectivity index (χ0v) is 14.1. The lowest BCUT2D eigenvalue weighted by Crippen LogP contribution is -2.30. The molecule has 0 atom stereocenters. The van der Waals surface area contributed by atoms with E-state index in [2.05, 4.69) is 10.0 Å². The Morgan fingerprint density at radius 1 is 1.23 bits per heavy atom. The van der Waals surface area contributed by atoms with Crippen molar-refractivity contribution in [2.24, 2.45) is 0 Å². The molecule has 124 valence electrons. The van der Waals surface area contributed by atoms with E-state index in [1.165, 1.54) is 12.1 Å². The predicted octanol–water partition coefficient (Wildman–Crippen LogP) is 2.13. The van der Waals surface area contributed by atoms with Crippen LogP contribution in [0.3, 0.4) is 0 Å². The number of anilines is 1. The Hall–Kier alpha value is -1.44. The first kappa shape index (κ1) is 18.6. The van der Waals surface area contributed by atoms with Gasteiger partial charge in [-0.25, -0.2) is 13.1 Å². The first-order valence-corrected chi connectivity index (χ1v) is 8.83. The fourth-order valence-electron chi connectivity index (χ4n) is 1.80. The molecule has 6 nitrogen and oxygen atoms in total. The second kappa shape index (κ2) is 8.87. The van der Waals surface area contributed by atoms with Crippen molar-refractivity contribution in [2.75, 3.05) is 18.5 Å². The fraction of sp³-hybridized carbons (Fsp3) is 0.533. The summed E-state index contributed by atoms with van der Waals surface area (Å²) in [5.74, 6) is -0.115. The van der Waals surface area contributed by atoms with E-state index in [0.29, 0.717) is 31.7 Å². The highest BCUT2D eigenvalue weighted by molar-refractivity contribution is 7.89. The van der Waals surface area contributed by atoms with Gasteiger partial charge >= 0.3 is 0 Å². The normalized spacial score (nSPS) is 11.6. The third-order valence-corrected chi connectivity index (χ3v) is 4.41. The summed E-state index contributed by atoms with van der Waals surface area (Å²) in [6.45, 7) is 6.62. The number of carbonyl (C=O) groups excluding carboxylic acids is 1. The Labute approximate surface area is 132 Å². The van der Waals surface area contributed by atoms with Gasteiger partial charge in [-0.3, -0.25) is 4.79 Å². The van der Waals surface area contributed by atoms with E-state index in [1.807, 2.05) is 6.92 Å². The van der Waals surface area contributed by atoms with Gasteiger partial charge in [0.15, 0.2) is 0 Å². The molecule has 22 heavy (non-hydrogen) atoms. The Bertz CT molecular complexity index is 568. The third kappa shape index (κ3) is 6.55. The summed E-state index contributed by atoms with van der Waals surface area (Å²) in [6, 6.07) is 5.93. The lowest BCUT2D eigenvalue weighted by atomic mass is 10.2. The van der Waals surface area contributed by atoms with Crippen LogP contribution in [0.1, 0.15) is 33.6 Å². The molecule has 0 bridgehead atoms. The minimum atomic E-state index is -3.50. The summed E-state index contributed by atoms with van der Waals surface area (Å²) < 4.78 is 31.6. The van der Waals surface area contributed by atoms with Crippen molar-refractivity contribution in [1.82, 2.24) is 4.72 Å². The van der Waals surface area contributed by atoms with Crippen molar-refractivity contribution >= 4 is 21.6 Å². The highest BCUT2D eigenvalue weighted by Crippen LogP contribution is 2.14. The molecule has 0 aromatic heterocycles. The number of rotatable bonds is 9. The van der Waals surface area contributed by atoms with Gasteiger partial charge in [0.25, 0.3) is 0 Å². The molecule has 1 amide bonds. The van der Waals surface area contributed by atoms with Crippen LogP contribution in [0.5, 0.6) is 0 Å². The van der Waals surface area contributed by atoms with Gasteiger partial charge < -0.3 is 10.1 Å². The van der Waals surface area contributed by atoms with Crippen LogP contribution in [-0.2, 0) is 19.6 Å². The van der Waals surface area contributed by atoms with E-state index >= 15 is 0 Å². The minimum Gasteiger partial charge on any atom is -0.382 e. The zero-order chi connectivity index (χ0) is 16.6. The van der Waals surface area contributed by atoms with Crippen molar-refractivity contribution in [2.45, 2.75) is 44.6 Å².